The van der Waals surface area contributed by atoms with E-state index in [0.29, 0.717) is 12.0 Å². The van der Waals surface area contributed by atoms with Gasteiger partial charge in [0.2, 0.25) is 0 Å². The molecule has 4 heteroatoms. The summed E-state index contributed by atoms with van der Waals surface area (Å²) >= 11 is 0. The van der Waals surface area contributed by atoms with Gasteiger partial charge in [-0.15, -0.1) is 5.10 Å². The first kappa shape index (κ1) is 15.5. The number of aromatic nitrogens is 3. The lowest BCUT2D eigenvalue weighted by molar-refractivity contribution is 0.140. The summed E-state index contributed by atoms with van der Waals surface area (Å²) in [5.41, 5.74) is 1.37. The van der Waals surface area contributed by atoms with Crippen LogP contribution in [0.25, 0.3) is 0 Å². The highest BCUT2D eigenvalue weighted by atomic mass is 15.4. The number of hydrogen-bond donors (Lipinski definition) is 1. The number of nitrogens with one attached hydrogen (secondary N) is 1. The van der Waals surface area contributed by atoms with Crippen LogP contribution in [0.15, 0.2) is 6.20 Å². The van der Waals surface area contributed by atoms with Gasteiger partial charge >= 0.3 is 0 Å². The molecule has 1 aromatic rings. The molecule has 0 bridgehead atoms. The van der Waals surface area contributed by atoms with Crippen LogP contribution in [-0.4, -0.2) is 27.6 Å². The van der Waals surface area contributed by atoms with Gasteiger partial charge in [-0.3, -0.25) is 4.68 Å². The van der Waals surface area contributed by atoms with Crippen molar-refractivity contribution in [1.82, 2.24) is 20.3 Å². The molecular formula is C16H30N4. The third kappa shape index (κ3) is 3.05. The molecule has 1 N–H and O–H groups in total. The second-order valence-corrected chi connectivity index (χ2v) is 7.05. The Hall–Kier alpha value is -0.900. The summed E-state index contributed by atoms with van der Waals surface area (Å²) in [6, 6.07) is 0.614. The second kappa shape index (κ2) is 6.25. The Bertz CT molecular complexity index is 424. The normalized spacial score (nSPS) is 27.8. The van der Waals surface area contributed by atoms with E-state index in [4.69, 9.17) is 0 Å². The minimum atomic E-state index is 0.115. The summed E-state index contributed by atoms with van der Waals surface area (Å²) in [5, 5.41) is 12.0. The molecule has 0 aliphatic heterocycles. The highest BCUT2D eigenvalue weighted by Crippen LogP contribution is 2.41. The van der Waals surface area contributed by atoms with E-state index in [2.05, 4.69) is 43.3 Å². The number of rotatable bonds is 5. The van der Waals surface area contributed by atoms with Gasteiger partial charge in [0.15, 0.2) is 0 Å². The van der Waals surface area contributed by atoms with Crippen LogP contribution >= 0.6 is 0 Å². The fourth-order valence-electron chi connectivity index (χ4n) is 3.86. The molecule has 20 heavy (non-hydrogen) atoms. The largest absolute Gasteiger partial charge is 0.314 e. The van der Waals surface area contributed by atoms with Crippen molar-refractivity contribution >= 4 is 0 Å². The maximum Gasteiger partial charge on any atom is 0.0730 e. The van der Waals surface area contributed by atoms with Gasteiger partial charge in [-0.2, -0.15) is 0 Å². The van der Waals surface area contributed by atoms with Gasteiger partial charge in [0.05, 0.1) is 11.9 Å². The maximum atomic E-state index is 4.13. The molecular weight excluding hydrogens is 248 g/mol. The molecule has 1 aromatic heterocycles. The summed E-state index contributed by atoms with van der Waals surface area (Å²) in [4.78, 5) is 0. The molecule has 1 heterocycles. The van der Waals surface area contributed by atoms with E-state index in [9.17, 15) is 0 Å². The van der Waals surface area contributed by atoms with Crippen LogP contribution in [-0.2, 0) is 12.5 Å². The average Bonchev–Trinajstić information content (AvgIpc) is 2.83. The third-order valence-electron chi connectivity index (χ3n) is 5.07. The molecule has 4 nitrogen and oxygen atoms in total. The van der Waals surface area contributed by atoms with Crippen molar-refractivity contribution in [2.45, 2.75) is 64.8 Å². The van der Waals surface area contributed by atoms with Crippen molar-refractivity contribution in [3.05, 3.63) is 11.9 Å². The monoisotopic (exact) mass is 278 g/mol. The molecule has 0 amide bonds. The molecule has 114 valence electrons. The Labute approximate surface area is 123 Å². The minimum Gasteiger partial charge on any atom is -0.314 e. The van der Waals surface area contributed by atoms with Crippen LogP contribution in [0.5, 0.6) is 0 Å². The Morgan fingerprint density at radius 3 is 2.75 bits per heavy atom. The van der Waals surface area contributed by atoms with Crippen molar-refractivity contribution < 1.29 is 0 Å². The topological polar surface area (TPSA) is 42.7 Å². The maximum absolute atomic E-state index is 4.13. The van der Waals surface area contributed by atoms with Crippen LogP contribution in [0.3, 0.4) is 0 Å². The molecule has 1 saturated carbocycles. The molecule has 1 aliphatic rings. The molecule has 2 rings (SSSR count). The summed E-state index contributed by atoms with van der Waals surface area (Å²) < 4.78 is 1.94. The first-order valence-corrected chi connectivity index (χ1v) is 8.05. The van der Waals surface area contributed by atoms with E-state index in [-0.39, 0.29) is 5.41 Å². The lowest BCUT2D eigenvalue weighted by atomic mass is 9.65. The molecule has 0 radical (unpaired) electrons. The van der Waals surface area contributed by atoms with Gasteiger partial charge in [-0.25, -0.2) is 0 Å². The van der Waals surface area contributed by atoms with E-state index in [1.54, 1.807) is 0 Å². The molecule has 1 aliphatic carbocycles. The van der Waals surface area contributed by atoms with Crippen molar-refractivity contribution in [3.8, 4) is 0 Å². The van der Waals surface area contributed by atoms with E-state index < -0.39 is 0 Å². The van der Waals surface area contributed by atoms with Crippen molar-refractivity contribution in [1.29, 1.82) is 0 Å². The number of aryl methyl sites for hydroxylation is 1. The van der Waals surface area contributed by atoms with Crippen molar-refractivity contribution in [2.24, 2.45) is 18.9 Å². The predicted octanol–water partition coefficient (Wildman–Crippen LogP) is 2.90. The fourth-order valence-corrected chi connectivity index (χ4v) is 3.86. The number of nitrogens with zero attached hydrogens (tertiary/aromatic N) is 3. The van der Waals surface area contributed by atoms with Gasteiger partial charge in [-0.1, -0.05) is 39.3 Å². The van der Waals surface area contributed by atoms with Gasteiger partial charge in [0.1, 0.15) is 0 Å². The molecule has 0 aromatic carbocycles. The molecule has 1 fully saturated rings. The van der Waals surface area contributed by atoms with Crippen LogP contribution in [0, 0.1) is 11.8 Å². The van der Waals surface area contributed by atoms with Crippen molar-refractivity contribution in [3.63, 3.8) is 0 Å². The van der Waals surface area contributed by atoms with E-state index in [1.807, 2.05) is 17.9 Å². The average molecular weight is 278 g/mol. The Morgan fingerprint density at radius 2 is 2.15 bits per heavy atom. The van der Waals surface area contributed by atoms with Crippen molar-refractivity contribution in [2.75, 3.05) is 6.54 Å². The molecule has 3 unspecified atom stereocenters. The number of hydrogen-bond acceptors (Lipinski definition) is 3. The van der Waals surface area contributed by atoms with Crippen LogP contribution in [0.4, 0.5) is 0 Å². The van der Waals surface area contributed by atoms with E-state index in [0.717, 1.165) is 12.5 Å². The van der Waals surface area contributed by atoms with Crippen LogP contribution in [0.2, 0.25) is 0 Å². The summed E-state index contributed by atoms with van der Waals surface area (Å²) in [6.45, 7) is 10.5. The first-order chi connectivity index (χ1) is 9.46. The summed E-state index contributed by atoms with van der Waals surface area (Å²) in [6.07, 6.45) is 7.06. The van der Waals surface area contributed by atoms with E-state index >= 15 is 0 Å². The van der Waals surface area contributed by atoms with E-state index in [1.165, 1.54) is 31.4 Å². The highest BCUT2D eigenvalue weighted by Gasteiger charge is 2.41. The van der Waals surface area contributed by atoms with Gasteiger partial charge < -0.3 is 5.32 Å². The first-order valence-electron chi connectivity index (χ1n) is 8.05. The fraction of sp³-hybridized carbons (Fsp3) is 0.875. The summed E-state index contributed by atoms with van der Waals surface area (Å²) in [7, 11) is 2.00. The lowest BCUT2D eigenvalue weighted by Gasteiger charge is -2.44. The Kier molecular flexibility index (Phi) is 4.84. The molecule has 3 atom stereocenters. The quantitative estimate of drug-likeness (QED) is 0.900. The second-order valence-electron chi connectivity index (χ2n) is 7.05. The van der Waals surface area contributed by atoms with Gasteiger partial charge in [-0.05, 0) is 37.6 Å². The van der Waals surface area contributed by atoms with Gasteiger partial charge in [0, 0.05) is 18.5 Å². The lowest BCUT2D eigenvalue weighted by Crippen LogP contribution is -2.49. The Balaban J connectivity index is 2.20. The van der Waals surface area contributed by atoms with Gasteiger partial charge in [0.25, 0.3) is 0 Å². The Morgan fingerprint density at radius 1 is 1.40 bits per heavy atom. The smallest absolute Gasteiger partial charge is 0.0730 e. The van der Waals surface area contributed by atoms with Crippen LogP contribution < -0.4 is 5.32 Å². The highest BCUT2D eigenvalue weighted by molar-refractivity contribution is 5.14. The predicted molar refractivity (Wildman–Crippen MR) is 82.6 cm³/mol. The molecule has 0 spiro atoms. The molecule has 0 saturated heterocycles. The zero-order chi connectivity index (χ0) is 14.8. The standard InChI is InChI=1S/C16H30N4/c1-6-9-17-14-10-12(2)7-8-13(14)16(3,4)15-11-18-19-20(15)5/h11-14,17H,6-10H2,1-5H3. The van der Waals surface area contributed by atoms with Crippen LogP contribution in [0.1, 0.15) is 59.1 Å². The zero-order valence-corrected chi connectivity index (χ0v) is 13.7. The summed E-state index contributed by atoms with van der Waals surface area (Å²) in [5.74, 6) is 1.49. The zero-order valence-electron chi connectivity index (χ0n) is 13.7. The minimum absolute atomic E-state index is 0.115. The SMILES string of the molecule is CCCNC1CC(C)CCC1C(C)(C)c1cnnn1C. The third-order valence-corrected chi connectivity index (χ3v) is 5.07.